The van der Waals surface area contributed by atoms with Crippen molar-refractivity contribution >= 4 is 29.1 Å². The smallest absolute Gasteiger partial charge is 0.251 e. The molecule has 0 saturated heterocycles. The maximum absolute atomic E-state index is 12.2. The Bertz CT molecular complexity index is 728. The number of rotatable bonds is 3. The number of carbonyl (C=O) groups excluding carboxylic acids is 1. The summed E-state index contributed by atoms with van der Waals surface area (Å²) in [6.07, 6.45) is 1.25. The van der Waals surface area contributed by atoms with E-state index in [0.717, 1.165) is 5.56 Å². The zero-order valence-corrected chi connectivity index (χ0v) is 13.1. The molecule has 3 nitrogen and oxygen atoms in total. The quantitative estimate of drug-likeness (QED) is 0.931. The highest BCUT2D eigenvalue weighted by molar-refractivity contribution is 6.33. The van der Waals surface area contributed by atoms with Crippen LogP contribution in [0.15, 0.2) is 65.7 Å². The Labute approximate surface area is 138 Å². The first kappa shape index (κ1) is 15.1. The average molecular weight is 334 g/mol. The van der Waals surface area contributed by atoms with Gasteiger partial charge in [0.15, 0.2) is 0 Å². The van der Waals surface area contributed by atoms with Gasteiger partial charge in [0, 0.05) is 23.2 Å². The molecule has 0 aliphatic carbocycles. The van der Waals surface area contributed by atoms with Crippen molar-refractivity contribution in [2.45, 2.75) is 12.3 Å². The Morgan fingerprint density at radius 2 is 1.64 bits per heavy atom. The van der Waals surface area contributed by atoms with Crippen LogP contribution in [0.25, 0.3) is 0 Å². The van der Waals surface area contributed by atoms with Gasteiger partial charge in [-0.3, -0.25) is 9.69 Å². The van der Waals surface area contributed by atoms with Crippen molar-refractivity contribution in [3.05, 3.63) is 81.9 Å². The molecule has 1 aliphatic rings. The summed E-state index contributed by atoms with van der Waals surface area (Å²) in [5, 5.41) is 11.7. The van der Waals surface area contributed by atoms with Crippen molar-refractivity contribution in [2.75, 3.05) is 0 Å². The zero-order chi connectivity index (χ0) is 15.7. The van der Waals surface area contributed by atoms with Crippen LogP contribution in [0.5, 0.6) is 0 Å². The minimum atomic E-state index is -1.67. The monoisotopic (exact) mass is 333 g/mol. The van der Waals surface area contributed by atoms with Gasteiger partial charge in [0.1, 0.15) is 0 Å². The molecule has 3 rings (SSSR count). The topological polar surface area (TPSA) is 40.5 Å². The van der Waals surface area contributed by atoms with Gasteiger partial charge in [0.25, 0.3) is 5.91 Å². The van der Waals surface area contributed by atoms with Crippen LogP contribution in [-0.2, 0) is 17.1 Å². The molecule has 1 atom stereocenters. The fourth-order valence-electron chi connectivity index (χ4n) is 2.51. The van der Waals surface area contributed by atoms with Crippen LogP contribution in [0.4, 0.5) is 0 Å². The van der Waals surface area contributed by atoms with Crippen molar-refractivity contribution < 1.29 is 9.90 Å². The summed E-state index contributed by atoms with van der Waals surface area (Å²) in [5.41, 5.74) is -0.262. The molecule has 1 N–H and O–H groups in total. The summed E-state index contributed by atoms with van der Waals surface area (Å²) in [7, 11) is 0. The number of hydrogen-bond donors (Lipinski definition) is 1. The zero-order valence-electron chi connectivity index (χ0n) is 11.5. The van der Waals surface area contributed by atoms with Crippen LogP contribution >= 0.6 is 23.2 Å². The maximum Gasteiger partial charge on any atom is 0.251 e. The van der Waals surface area contributed by atoms with E-state index in [9.17, 15) is 9.90 Å². The lowest BCUT2D eigenvalue weighted by atomic mass is 10.0. The lowest BCUT2D eigenvalue weighted by Gasteiger charge is -2.35. The first-order valence-electron chi connectivity index (χ1n) is 6.73. The molecule has 22 heavy (non-hydrogen) atoms. The van der Waals surface area contributed by atoms with Crippen molar-refractivity contribution in [3.63, 3.8) is 0 Å². The average Bonchev–Trinajstić information content (AvgIpc) is 2.73. The van der Waals surface area contributed by atoms with Gasteiger partial charge >= 0.3 is 0 Å². The Kier molecular flexibility index (Phi) is 3.96. The van der Waals surface area contributed by atoms with Crippen LogP contribution in [-0.4, -0.2) is 15.9 Å². The van der Waals surface area contributed by atoms with E-state index in [-0.39, 0.29) is 17.5 Å². The minimum absolute atomic E-state index is 0.0794. The number of aliphatic hydroxyl groups is 1. The standard InChI is InChI=1S/C17H13Cl2NO2/c18-14-8-6-13(7-9-14)17(22)15(19)10-16(21)20(17)11-12-4-2-1-3-5-12/h1-10,22H,11H2. The van der Waals surface area contributed by atoms with Gasteiger partial charge in [-0.2, -0.15) is 0 Å². The van der Waals surface area contributed by atoms with Gasteiger partial charge < -0.3 is 5.11 Å². The predicted octanol–water partition coefficient (Wildman–Crippen LogP) is 3.65. The fourth-order valence-corrected chi connectivity index (χ4v) is 2.94. The van der Waals surface area contributed by atoms with E-state index in [4.69, 9.17) is 23.2 Å². The third-order valence-corrected chi connectivity index (χ3v) is 4.29. The summed E-state index contributed by atoms with van der Waals surface area (Å²) in [5.74, 6) is -0.327. The highest BCUT2D eigenvalue weighted by Gasteiger charge is 2.47. The van der Waals surface area contributed by atoms with E-state index in [1.54, 1.807) is 24.3 Å². The molecule has 1 unspecified atom stereocenters. The third-order valence-electron chi connectivity index (χ3n) is 3.67. The Morgan fingerprint density at radius 3 is 2.27 bits per heavy atom. The number of hydrogen-bond acceptors (Lipinski definition) is 2. The number of amides is 1. The summed E-state index contributed by atoms with van der Waals surface area (Å²) in [4.78, 5) is 13.6. The van der Waals surface area contributed by atoms with Gasteiger partial charge in [-0.05, 0) is 17.7 Å². The van der Waals surface area contributed by atoms with Crippen molar-refractivity contribution in [1.82, 2.24) is 4.90 Å². The molecule has 2 aromatic carbocycles. The minimum Gasteiger partial charge on any atom is -0.362 e. The molecule has 112 valence electrons. The van der Waals surface area contributed by atoms with Gasteiger partial charge in [0.05, 0.1) is 5.03 Å². The normalized spacial score (nSPS) is 21.1. The highest BCUT2D eigenvalue weighted by atomic mass is 35.5. The third kappa shape index (κ3) is 2.52. The fraction of sp³-hybridized carbons (Fsp3) is 0.118. The van der Waals surface area contributed by atoms with Crippen molar-refractivity contribution in [1.29, 1.82) is 0 Å². The van der Waals surface area contributed by atoms with Gasteiger partial charge in [-0.1, -0.05) is 65.7 Å². The number of carbonyl (C=O) groups is 1. The number of halogens is 2. The predicted molar refractivity (Wildman–Crippen MR) is 86.3 cm³/mol. The highest BCUT2D eigenvalue weighted by Crippen LogP contribution is 2.41. The number of benzene rings is 2. The SMILES string of the molecule is O=C1C=C(Cl)C(O)(c2ccc(Cl)cc2)N1Cc1ccccc1. The van der Waals surface area contributed by atoms with E-state index in [0.29, 0.717) is 10.6 Å². The van der Waals surface area contributed by atoms with E-state index in [2.05, 4.69) is 0 Å². The molecular weight excluding hydrogens is 321 g/mol. The van der Waals surface area contributed by atoms with Crippen molar-refractivity contribution in [2.24, 2.45) is 0 Å². The molecule has 0 radical (unpaired) electrons. The largest absolute Gasteiger partial charge is 0.362 e. The molecule has 0 fully saturated rings. The Morgan fingerprint density at radius 1 is 1.00 bits per heavy atom. The summed E-state index contributed by atoms with van der Waals surface area (Å²) >= 11 is 12.1. The molecule has 0 saturated carbocycles. The first-order chi connectivity index (χ1) is 10.5. The number of nitrogens with zero attached hydrogens (tertiary/aromatic N) is 1. The second-order valence-corrected chi connectivity index (χ2v) is 5.92. The molecule has 2 aromatic rings. The van der Waals surface area contributed by atoms with E-state index < -0.39 is 5.72 Å². The van der Waals surface area contributed by atoms with Crippen LogP contribution in [0.2, 0.25) is 5.02 Å². The van der Waals surface area contributed by atoms with E-state index >= 15 is 0 Å². The Balaban J connectivity index is 2.00. The molecular formula is C17H13Cl2NO2. The van der Waals surface area contributed by atoms with Crippen LogP contribution in [0.1, 0.15) is 11.1 Å². The second kappa shape index (κ2) is 5.76. The molecule has 1 amide bonds. The first-order valence-corrected chi connectivity index (χ1v) is 7.49. The summed E-state index contributed by atoms with van der Waals surface area (Å²) in [6.45, 7) is 0.255. The molecule has 0 spiro atoms. The molecule has 0 bridgehead atoms. The van der Waals surface area contributed by atoms with Crippen molar-refractivity contribution in [3.8, 4) is 0 Å². The Hall–Kier alpha value is -1.81. The second-order valence-electron chi connectivity index (χ2n) is 5.08. The summed E-state index contributed by atoms with van der Waals surface area (Å²) < 4.78 is 0. The lowest BCUT2D eigenvalue weighted by molar-refractivity contribution is -0.144. The molecule has 5 heteroatoms. The van der Waals surface area contributed by atoms with Gasteiger partial charge in [0.2, 0.25) is 5.72 Å². The molecule has 0 aromatic heterocycles. The van der Waals surface area contributed by atoms with Crippen LogP contribution in [0, 0.1) is 0 Å². The molecule has 1 heterocycles. The lowest BCUT2D eigenvalue weighted by Crippen LogP contribution is -2.44. The van der Waals surface area contributed by atoms with E-state index in [1.165, 1.54) is 11.0 Å². The van der Waals surface area contributed by atoms with E-state index in [1.807, 2.05) is 30.3 Å². The van der Waals surface area contributed by atoms with Gasteiger partial charge in [-0.25, -0.2) is 0 Å². The van der Waals surface area contributed by atoms with Crippen LogP contribution in [0.3, 0.4) is 0 Å². The summed E-state index contributed by atoms with van der Waals surface area (Å²) in [6, 6.07) is 16.1. The maximum atomic E-state index is 12.2. The van der Waals surface area contributed by atoms with Crippen LogP contribution < -0.4 is 0 Å². The molecule has 1 aliphatic heterocycles. The van der Waals surface area contributed by atoms with Gasteiger partial charge in [-0.15, -0.1) is 0 Å².